The predicted octanol–water partition coefficient (Wildman–Crippen LogP) is 5.01. The molecule has 0 atom stereocenters. The molecule has 0 aliphatic rings. The highest BCUT2D eigenvalue weighted by molar-refractivity contribution is 9.10. The van der Waals surface area contributed by atoms with Crippen molar-refractivity contribution in [3.05, 3.63) is 49.8 Å². The zero-order chi connectivity index (χ0) is 15.1. The van der Waals surface area contributed by atoms with E-state index in [1.165, 1.54) is 23.0 Å². The van der Waals surface area contributed by atoms with Crippen molar-refractivity contribution in [2.24, 2.45) is 0 Å². The standard InChI is InChI=1S/C13H4BrCl3N4/c14-13-7-5-21(20-11(7)10(17)4-19-13)12-8(15)1-6(3-18)2-9(12)16/h1-2,4-5H. The first-order valence-electron chi connectivity index (χ1n) is 5.60. The lowest BCUT2D eigenvalue weighted by Crippen LogP contribution is -1.97. The van der Waals surface area contributed by atoms with Gasteiger partial charge in [-0.3, -0.25) is 0 Å². The Balaban J connectivity index is 2.29. The van der Waals surface area contributed by atoms with Crippen LogP contribution in [0, 0.1) is 11.3 Å². The molecule has 0 amide bonds. The van der Waals surface area contributed by atoms with Gasteiger partial charge in [-0.15, -0.1) is 0 Å². The van der Waals surface area contributed by atoms with Gasteiger partial charge < -0.3 is 0 Å². The summed E-state index contributed by atoms with van der Waals surface area (Å²) < 4.78 is 2.14. The molecular weight excluding hydrogens is 398 g/mol. The van der Waals surface area contributed by atoms with Crippen molar-refractivity contribution in [3.8, 4) is 11.8 Å². The molecule has 4 nitrogen and oxygen atoms in total. The monoisotopic (exact) mass is 400 g/mol. The Labute approximate surface area is 143 Å². The van der Waals surface area contributed by atoms with Crippen LogP contribution in [0.1, 0.15) is 5.56 Å². The molecule has 0 saturated heterocycles. The van der Waals surface area contributed by atoms with Crippen LogP contribution in [0.15, 0.2) is 29.1 Å². The molecule has 3 aromatic rings. The van der Waals surface area contributed by atoms with Gasteiger partial charge in [-0.1, -0.05) is 34.8 Å². The molecule has 2 aromatic heterocycles. The molecule has 0 aliphatic heterocycles. The van der Waals surface area contributed by atoms with Gasteiger partial charge in [-0.25, -0.2) is 9.67 Å². The van der Waals surface area contributed by atoms with Gasteiger partial charge in [0, 0.05) is 12.4 Å². The normalized spacial score (nSPS) is 10.8. The Morgan fingerprint density at radius 2 is 1.81 bits per heavy atom. The quantitative estimate of drug-likeness (QED) is 0.538. The van der Waals surface area contributed by atoms with E-state index in [4.69, 9.17) is 40.1 Å². The zero-order valence-electron chi connectivity index (χ0n) is 10.1. The average molecular weight is 402 g/mol. The minimum Gasteiger partial charge on any atom is -0.247 e. The maximum atomic E-state index is 8.91. The van der Waals surface area contributed by atoms with Gasteiger partial charge >= 0.3 is 0 Å². The van der Waals surface area contributed by atoms with Crippen LogP contribution in [0.3, 0.4) is 0 Å². The van der Waals surface area contributed by atoms with E-state index in [9.17, 15) is 0 Å². The lowest BCUT2D eigenvalue weighted by atomic mass is 10.2. The van der Waals surface area contributed by atoms with Crippen LogP contribution in [0.4, 0.5) is 0 Å². The van der Waals surface area contributed by atoms with Gasteiger partial charge in [0.1, 0.15) is 15.8 Å². The summed E-state index contributed by atoms with van der Waals surface area (Å²) in [5, 5.41) is 15.1. The lowest BCUT2D eigenvalue weighted by molar-refractivity contribution is 0.896. The molecule has 3 rings (SSSR count). The summed E-state index contributed by atoms with van der Waals surface area (Å²) in [7, 11) is 0. The van der Waals surface area contributed by atoms with E-state index in [0.29, 0.717) is 36.4 Å². The second kappa shape index (κ2) is 5.47. The molecule has 0 radical (unpaired) electrons. The van der Waals surface area contributed by atoms with Gasteiger partial charge in [0.25, 0.3) is 0 Å². The second-order valence-electron chi connectivity index (χ2n) is 4.13. The number of nitrogens with zero attached hydrogens (tertiary/aromatic N) is 4. The fourth-order valence-electron chi connectivity index (χ4n) is 1.91. The van der Waals surface area contributed by atoms with Crippen molar-refractivity contribution >= 4 is 61.6 Å². The van der Waals surface area contributed by atoms with E-state index in [1.807, 2.05) is 6.07 Å². The summed E-state index contributed by atoms with van der Waals surface area (Å²) >= 11 is 21.8. The zero-order valence-corrected chi connectivity index (χ0v) is 14.0. The van der Waals surface area contributed by atoms with Crippen LogP contribution < -0.4 is 0 Å². The molecule has 0 fully saturated rings. The molecular formula is C13H4BrCl3N4. The number of pyridine rings is 1. The van der Waals surface area contributed by atoms with Crippen LogP contribution >= 0.6 is 50.7 Å². The first-order chi connectivity index (χ1) is 10.0. The van der Waals surface area contributed by atoms with Gasteiger partial charge in [-0.2, -0.15) is 10.4 Å². The van der Waals surface area contributed by atoms with Crippen LogP contribution in [0.5, 0.6) is 0 Å². The molecule has 0 N–H and O–H groups in total. The smallest absolute Gasteiger partial charge is 0.117 e. The molecule has 1 aromatic carbocycles. The topological polar surface area (TPSA) is 54.5 Å². The highest BCUT2D eigenvalue weighted by Gasteiger charge is 2.15. The average Bonchev–Trinajstić information content (AvgIpc) is 2.88. The lowest BCUT2D eigenvalue weighted by Gasteiger charge is -2.07. The Morgan fingerprint density at radius 3 is 2.38 bits per heavy atom. The third-order valence-corrected chi connectivity index (χ3v) is 4.31. The number of halogens is 4. The van der Waals surface area contributed by atoms with Crippen molar-refractivity contribution < 1.29 is 0 Å². The third-order valence-electron chi connectivity index (χ3n) is 2.83. The SMILES string of the molecule is N#Cc1cc(Cl)c(-n2cc3c(Br)ncc(Cl)c3n2)c(Cl)c1. The van der Waals surface area contributed by atoms with E-state index in [1.54, 1.807) is 6.20 Å². The van der Waals surface area contributed by atoms with Crippen molar-refractivity contribution in [1.29, 1.82) is 5.26 Å². The number of aromatic nitrogens is 3. The summed E-state index contributed by atoms with van der Waals surface area (Å²) in [5.74, 6) is 0. The number of benzene rings is 1. The molecule has 0 aliphatic carbocycles. The van der Waals surface area contributed by atoms with E-state index in [-0.39, 0.29) is 0 Å². The number of hydrogen-bond donors (Lipinski definition) is 0. The van der Waals surface area contributed by atoms with E-state index >= 15 is 0 Å². The maximum absolute atomic E-state index is 8.91. The second-order valence-corrected chi connectivity index (χ2v) is 6.11. The minimum absolute atomic E-state index is 0.326. The fourth-order valence-corrected chi connectivity index (χ4v) is 3.15. The van der Waals surface area contributed by atoms with Gasteiger partial charge in [0.2, 0.25) is 0 Å². The van der Waals surface area contributed by atoms with Crippen LogP contribution in [0.2, 0.25) is 15.1 Å². The Hall–Kier alpha value is -1.32. The third kappa shape index (κ3) is 2.49. The molecule has 0 unspecified atom stereocenters. The van der Waals surface area contributed by atoms with Crippen molar-refractivity contribution in [1.82, 2.24) is 14.8 Å². The minimum atomic E-state index is 0.326. The molecule has 0 saturated carbocycles. The van der Waals surface area contributed by atoms with Gasteiger partial charge in [0.15, 0.2) is 0 Å². The van der Waals surface area contributed by atoms with E-state index < -0.39 is 0 Å². The number of fused-ring (bicyclic) bond motifs is 1. The number of nitriles is 1. The number of rotatable bonds is 1. The van der Waals surface area contributed by atoms with Crippen molar-refractivity contribution in [2.75, 3.05) is 0 Å². The highest BCUT2D eigenvalue weighted by Crippen LogP contribution is 2.33. The fraction of sp³-hybridized carbons (Fsp3) is 0. The molecule has 104 valence electrons. The maximum Gasteiger partial charge on any atom is 0.117 e. The summed E-state index contributed by atoms with van der Waals surface area (Å²) in [6.07, 6.45) is 3.23. The van der Waals surface area contributed by atoms with E-state index in [2.05, 4.69) is 26.0 Å². The van der Waals surface area contributed by atoms with Crippen LogP contribution in [-0.4, -0.2) is 14.8 Å². The summed E-state index contributed by atoms with van der Waals surface area (Å²) in [4.78, 5) is 4.11. The number of hydrogen-bond acceptors (Lipinski definition) is 3. The van der Waals surface area contributed by atoms with Crippen LogP contribution in [0.25, 0.3) is 16.6 Å². The van der Waals surface area contributed by atoms with Gasteiger partial charge in [-0.05, 0) is 28.1 Å². The first kappa shape index (κ1) is 14.6. The molecule has 21 heavy (non-hydrogen) atoms. The van der Waals surface area contributed by atoms with Crippen molar-refractivity contribution in [2.45, 2.75) is 0 Å². The summed E-state index contributed by atoms with van der Waals surface area (Å²) in [6, 6.07) is 5.06. The van der Waals surface area contributed by atoms with Gasteiger partial charge in [0.05, 0.1) is 32.1 Å². The molecule has 0 spiro atoms. The highest BCUT2D eigenvalue weighted by atomic mass is 79.9. The van der Waals surface area contributed by atoms with E-state index in [0.717, 1.165) is 5.39 Å². The first-order valence-corrected chi connectivity index (χ1v) is 7.53. The summed E-state index contributed by atoms with van der Waals surface area (Å²) in [5.41, 5.74) is 1.44. The Bertz CT molecular complexity index is 852. The van der Waals surface area contributed by atoms with Crippen molar-refractivity contribution in [3.63, 3.8) is 0 Å². The Morgan fingerprint density at radius 1 is 1.14 bits per heavy atom. The molecule has 8 heteroatoms. The largest absolute Gasteiger partial charge is 0.247 e. The van der Waals surface area contributed by atoms with Crippen LogP contribution in [-0.2, 0) is 0 Å². The molecule has 2 heterocycles. The predicted molar refractivity (Wildman–Crippen MR) is 86.3 cm³/mol. The molecule has 0 bridgehead atoms. The summed E-state index contributed by atoms with van der Waals surface area (Å²) in [6.45, 7) is 0. The Kier molecular flexibility index (Phi) is 3.80.